The van der Waals surface area contributed by atoms with Crippen LogP contribution in [0.2, 0.25) is 0 Å². The summed E-state index contributed by atoms with van der Waals surface area (Å²) in [6.07, 6.45) is 5.33. The highest BCUT2D eigenvalue weighted by Crippen LogP contribution is 2.37. The van der Waals surface area contributed by atoms with Gasteiger partial charge in [0.05, 0.1) is 12.1 Å². The molecule has 0 aromatic rings. The van der Waals surface area contributed by atoms with Gasteiger partial charge in [0.25, 0.3) is 0 Å². The predicted molar refractivity (Wildman–Crippen MR) is 76.2 cm³/mol. The van der Waals surface area contributed by atoms with Gasteiger partial charge in [-0.2, -0.15) is 0 Å². The number of piperazine rings is 1. The number of methoxy groups -OCH3 is 1. The van der Waals surface area contributed by atoms with Crippen molar-refractivity contribution < 1.29 is 14.3 Å². The number of hydrogen-bond donors (Lipinski definition) is 1. The van der Waals surface area contributed by atoms with E-state index >= 15 is 0 Å². The van der Waals surface area contributed by atoms with Crippen LogP contribution in [-0.2, 0) is 14.3 Å². The molecule has 1 aliphatic heterocycles. The lowest BCUT2D eigenvalue weighted by Crippen LogP contribution is -2.66. The molecule has 2 fully saturated rings. The van der Waals surface area contributed by atoms with E-state index < -0.39 is 0 Å². The second-order valence-electron chi connectivity index (χ2n) is 5.98. The summed E-state index contributed by atoms with van der Waals surface area (Å²) in [4.78, 5) is 26.6. The maximum absolute atomic E-state index is 12.6. The Morgan fingerprint density at radius 1 is 1.35 bits per heavy atom. The molecule has 1 saturated carbocycles. The van der Waals surface area contributed by atoms with E-state index in [-0.39, 0.29) is 29.5 Å². The van der Waals surface area contributed by atoms with Crippen molar-refractivity contribution in [1.29, 1.82) is 0 Å². The molecule has 1 heterocycles. The molecule has 5 heteroatoms. The molecule has 5 nitrogen and oxygen atoms in total. The second kappa shape index (κ2) is 6.12. The molecule has 0 bridgehead atoms. The molecule has 2 unspecified atom stereocenters. The van der Waals surface area contributed by atoms with Crippen molar-refractivity contribution in [3.63, 3.8) is 0 Å². The molecule has 2 atom stereocenters. The summed E-state index contributed by atoms with van der Waals surface area (Å²) >= 11 is 0. The van der Waals surface area contributed by atoms with Crippen LogP contribution in [0.15, 0.2) is 0 Å². The third-order valence-corrected chi connectivity index (χ3v) is 4.70. The van der Waals surface area contributed by atoms with Crippen molar-refractivity contribution in [3.8, 4) is 0 Å². The molecule has 0 spiro atoms. The van der Waals surface area contributed by atoms with Crippen molar-refractivity contribution in [2.24, 2.45) is 0 Å². The second-order valence-corrected chi connectivity index (χ2v) is 5.98. The van der Waals surface area contributed by atoms with Crippen LogP contribution >= 0.6 is 0 Å². The number of amides is 2. The van der Waals surface area contributed by atoms with Crippen molar-refractivity contribution >= 4 is 11.8 Å². The number of carbonyl (C=O) groups excluding carboxylic acids is 2. The van der Waals surface area contributed by atoms with Crippen molar-refractivity contribution in [2.75, 3.05) is 13.7 Å². The zero-order chi connectivity index (χ0) is 14.8. The van der Waals surface area contributed by atoms with Gasteiger partial charge in [0.1, 0.15) is 12.1 Å². The van der Waals surface area contributed by atoms with Crippen LogP contribution in [0.5, 0.6) is 0 Å². The number of ether oxygens (including phenoxy) is 1. The lowest BCUT2D eigenvalue weighted by molar-refractivity contribution is -0.159. The first-order valence-electron chi connectivity index (χ1n) is 7.73. The number of carbonyl (C=O) groups is 2. The van der Waals surface area contributed by atoms with Gasteiger partial charge in [0.15, 0.2) is 0 Å². The highest BCUT2D eigenvalue weighted by atomic mass is 16.5. The topological polar surface area (TPSA) is 58.6 Å². The summed E-state index contributed by atoms with van der Waals surface area (Å²) in [7, 11) is 1.71. The standard InChI is InChI=1S/C15H26N2O3/c1-4-7-11-14(19)17(12(5-2)13(18)16-11)10-15(20-3)8-6-9-15/h11-12H,4-10H2,1-3H3,(H,16,18). The smallest absolute Gasteiger partial charge is 0.245 e. The van der Waals surface area contributed by atoms with E-state index in [1.165, 1.54) is 0 Å². The molecule has 2 aliphatic rings. The van der Waals surface area contributed by atoms with Gasteiger partial charge in [-0.15, -0.1) is 0 Å². The Hall–Kier alpha value is -1.10. The fraction of sp³-hybridized carbons (Fsp3) is 0.867. The minimum Gasteiger partial charge on any atom is -0.376 e. The Balaban J connectivity index is 2.15. The molecule has 2 amide bonds. The third-order valence-electron chi connectivity index (χ3n) is 4.70. The van der Waals surface area contributed by atoms with Crippen LogP contribution in [0, 0.1) is 0 Å². The Kier molecular flexibility index (Phi) is 4.68. The minimum atomic E-state index is -0.357. The monoisotopic (exact) mass is 282 g/mol. The maximum Gasteiger partial charge on any atom is 0.245 e. The van der Waals surface area contributed by atoms with E-state index in [0.717, 1.165) is 25.7 Å². The molecule has 20 heavy (non-hydrogen) atoms. The minimum absolute atomic E-state index is 0.0175. The summed E-state index contributed by atoms with van der Waals surface area (Å²) in [5.74, 6) is 0.0396. The van der Waals surface area contributed by atoms with Gasteiger partial charge in [-0.3, -0.25) is 9.59 Å². The van der Waals surface area contributed by atoms with Gasteiger partial charge < -0.3 is 15.0 Å². The van der Waals surface area contributed by atoms with E-state index in [1.54, 1.807) is 12.0 Å². The van der Waals surface area contributed by atoms with Crippen LogP contribution in [0.3, 0.4) is 0 Å². The summed E-state index contributed by atoms with van der Waals surface area (Å²) < 4.78 is 5.62. The largest absolute Gasteiger partial charge is 0.376 e. The lowest BCUT2D eigenvalue weighted by atomic mass is 9.79. The molecular formula is C15H26N2O3. The first kappa shape index (κ1) is 15.3. The summed E-state index contributed by atoms with van der Waals surface area (Å²) in [6, 6.07) is -0.701. The van der Waals surface area contributed by atoms with Crippen molar-refractivity contribution in [3.05, 3.63) is 0 Å². The number of nitrogens with one attached hydrogen (secondary N) is 1. The Labute approximate surface area is 121 Å². The van der Waals surface area contributed by atoms with E-state index in [2.05, 4.69) is 5.32 Å². The van der Waals surface area contributed by atoms with E-state index in [1.807, 2.05) is 13.8 Å². The SMILES string of the molecule is CCCC1NC(=O)C(CC)N(CC2(OC)CCC2)C1=O. The molecule has 0 aromatic carbocycles. The highest BCUT2D eigenvalue weighted by Gasteiger charge is 2.46. The zero-order valence-corrected chi connectivity index (χ0v) is 12.8. The zero-order valence-electron chi connectivity index (χ0n) is 12.8. The van der Waals surface area contributed by atoms with Gasteiger partial charge in [-0.1, -0.05) is 20.3 Å². The van der Waals surface area contributed by atoms with Crippen molar-refractivity contribution in [2.45, 2.75) is 70.1 Å². The summed E-state index contributed by atoms with van der Waals surface area (Å²) in [5, 5.41) is 2.87. The predicted octanol–water partition coefficient (Wildman–Crippen LogP) is 1.46. The van der Waals surface area contributed by atoms with Crippen LogP contribution in [0.25, 0.3) is 0 Å². The summed E-state index contributed by atoms with van der Waals surface area (Å²) in [6.45, 7) is 4.53. The maximum atomic E-state index is 12.6. The summed E-state index contributed by atoms with van der Waals surface area (Å²) in [5.41, 5.74) is -0.225. The normalized spacial score (nSPS) is 29.1. The molecular weight excluding hydrogens is 256 g/mol. The first-order valence-corrected chi connectivity index (χ1v) is 7.73. The first-order chi connectivity index (χ1) is 9.56. The molecule has 0 aromatic heterocycles. The highest BCUT2D eigenvalue weighted by molar-refractivity contribution is 5.97. The average molecular weight is 282 g/mol. The van der Waals surface area contributed by atoms with Crippen LogP contribution in [0.1, 0.15) is 52.4 Å². The molecule has 114 valence electrons. The van der Waals surface area contributed by atoms with Crippen LogP contribution in [0.4, 0.5) is 0 Å². The van der Waals surface area contributed by atoms with Crippen LogP contribution < -0.4 is 5.32 Å². The molecule has 2 rings (SSSR count). The van der Waals surface area contributed by atoms with Gasteiger partial charge >= 0.3 is 0 Å². The average Bonchev–Trinajstić information content (AvgIpc) is 2.39. The van der Waals surface area contributed by atoms with E-state index in [0.29, 0.717) is 19.4 Å². The van der Waals surface area contributed by atoms with Crippen LogP contribution in [-0.4, -0.2) is 48.1 Å². The van der Waals surface area contributed by atoms with Gasteiger partial charge in [-0.25, -0.2) is 0 Å². The van der Waals surface area contributed by atoms with E-state index in [4.69, 9.17) is 4.74 Å². The Bertz CT molecular complexity index is 374. The van der Waals surface area contributed by atoms with E-state index in [9.17, 15) is 9.59 Å². The van der Waals surface area contributed by atoms with Crippen molar-refractivity contribution in [1.82, 2.24) is 10.2 Å². The Morgan fingerprint density at radius 2 is 2.05 bits per heavy atom. The lowest BCUT2D eigenvalue weighted by Gasteiger charge is -2.47. The van der Waals surface area contributed by atoms with Gasteiger partial charge in [0, 0.05) is 7.11 Å². The molecule has 1 aliphatic carbocycles. The molecule has 1 N–H and O–H groups in total. The number of nitrogens with zero attached hydrogens (tertiary/aromatic N) is 1. The third kappa shape index (κ3) is 2.68. The number of hydrogen-bond acceptors (Lipinski definition) is 3. The van der Waals surface area contributed by atoms with Gasteiger partial charge in [-0.05, 0) is 32.1 Å². The fourth-order valence-electron chi connectivity index (χ4n) is 3.21. The number of rotatable bonds is 6. The molecule has 0 radical (unpaired) electrons. The Morgan fingerprint density at radius 3 is 2.50 bits per heavy atom. The van der Waals surface area contributed by atoms with Gasteiger partial charge in [0.2, 0.25) is 11.8 Å². The quantitative estimate of drug-likeness (QED) is 0.802. The fourth-order valence-corrected chi connectivity index (χ4v) is 3.21. The molecule has 1 saturated heterocycles.